The Labute approximate surface area is 148 Å². The van der Waals surface area contributed by atoms with Gasteiger partial charge in [0.2, 0.25) is 0 Å². The first-order valence-corrected chi connectivity index (χ1v) is 11.7. The molecule has 3 rings (SSSR count). The van der Waals surface area contributed by atoms with Crippen molar-refractivity contribution in [2.24, 2.45) is 0 Å². The van der Waals surface area contributed by atoms with E-state index in [4.69, 9.17) is 4.74 Å². The highest BCUT2D eigenvalue weighted by Gasteiger charge is 2.43. The second-order valence-electron chi connectivity index (χ2n) is 6.92. The number of aryl methyl sites for hydroxylation is 1. The number of nitrogens with zero attached hydrogens (tertiary/aromatic N) is 3. The normalized spacial score (nSPS) is 27.9. The summed E-state index contributed by atoms with van der Waals surface area (Å²) in [6.07, 6.45) is 6.07. The maximum atomic E-state index is 12.0. The molecule has 24 heavy (non-hydrogen) atoms. The van der Waals surface area contributed by atoms with Crippen LogP contribution in [0.5, 0.6) is 0 Å². The largest absolute Gasteiger partial charge is 0.389 e. The molecular weight excluding hydrogens is 395 g/mol. The van der Waals surface area contributed by atoms with E-state index in [1.807, 2.05) is 0 Å². The quantitative estimate of drug-likeness (QED) is 0.582. The summed E-state index contributed by atoms with van der Waals surface area (Å²) in [5.41, 5.74) is 0.455. The van der Waals surface area contributed by atoms with Crippen LogP contribution in [-0.2, 0) is 4.74 Å². The number of hydrogen-bond donors (Lipinski definition) is 2. The number of ether oxygens (including phenoxy) is 1. The Morgan fingerprint density at radius 2 is 2.25 bits per heavy atom. The molecule has 0 bridgehead atoms. The van der Waals surface area contributed by atoms with E-state index >= 15 is 0 Å². The Kier molecular flexibility index (Phi) is 4.77. The number of alkyl halides is 1. The predicted molar refractivity (Wildman–Crippen MR) is 101 cm³/mol. The van der Waals surface area contributed by atoms with Crippen LogP contribution in [0.2, 0.25) is 0 Å². The van der Waals surface area contributed by atoms with Gasteiger partial charge in [-0.05, 0) is 32.8 Å². The van der Waals surface area contributed by atoms with Crippen LogP contribution < -0.4 is 5.56 Å². The topological polar surface area (TPSA) is 93.0 Å². The lowest BCUT2D eigenvalue weighted by atomic mass is 10.1. The van der Waals surface area contributed by atoms with Crippen LogP contribution in [0.15, 0.2) is 11.1 Å². The van der Waals surface area contributed by atoms with Crippen LogP contribution in [-0.4, -0.2) is 67.5 Å². The number of imidazole rings is 1. The highest BCUT2D eigenvalue weighted by molar-refractivity contribution is 9.09. The minimum absolute atomic E-state index is 0.270. The molecule has 2 aromatic rings. The molecule has 1 saturated heterocycles. The van der Waals surface area contributed by atoms with E-state index < -0.39 is 19.2 Å². The smallest absolute Gasteiger partial charge is 0.279 e. The van der Waals surface area contributed by atoms with E-state index in [0.29, 0.717) is 11.5 Å². The summed E-state index contributed by atoms with van der Waals surface area (Å²) in [5.74, 6) is 0.513. The Hall–Kier alpha value is -0.950. The van der Waals surface area contributed by atoms with Gasteiger partial charge in [0.1, 0.15) is 5.82 Å². The van der Waals surface area contributed by atoms with Gasteiger partial charge in [0.15, 0.2) is 17.4 Å². The molecule has 2 unspecified atom stereocenters. The minimum Gasteiger partial charge on any atom is -0.389 e. The maximum Gasteiger partial charge on any atom is 0.279 e. The summed E-state index contributed by atoms with van der Waals surface area (Å²) >= 11 is 3.53. The fraction of sp³-hybridized carbons (Fsp3) is 0.600. The fourth-order valence-electron chi connectivity index (χ4n) is 2.86. The van der Waals surface area contributed by atoms with Gasteiger partial charge < -0.3 is 14.8 Å². The van der Waals surface area contributed by atoms with Crippen LogP contribution in [0.1, 0.15) is 18.5 Å². The lowest BCUT2D eigenvalue weighted by Gasteiger charge is -2.18. The zero-order valence-corrected chi connectivity index (χ0v) is 16.4. The zero-order valence-electron chi connectivity index (χ0n) is 13.9. The molecule has 9 heteroatoms. The first kappa shape index (κ1) is 17.9. The molecule has 0 radical (unpaired) electrons. The van der Waals surface area contributed by atoms with E-state index in [-0.39, 0.29) is 22.0 Å². The third-order valence-corrected chi connectivity index (χ3v) is 6.60. The minimum atomic E-state index is -1.18. The molecule has 0 aromatic carbocycles. The van der Waals surface area contributed by atoms with E-state index in [0.717, 1.165) is 12.6 Å². The molecule has 1 aliphatic rings. The van der Waals surface area contributed by atoms with Crippen molar-refractivity contribution in [1.82, 2.24) is 19.5 Å². The van der Waals surface area contributed by atoms with Crippen LogP contribution in [0.3, 0.4) is 0 Å². The van der Waals surface area contributed by atoms with Gasteiger partial charge in [0.25, 0.3) is 5.56 Å². The van der Waals surface area contributed by atoms with E-state index in [1.165, 1.54) is 0 Å². The highest BCUT2D eigenvalue weighted by atomic mass is 79.9. The maximum absolute atomic E-state index is 12.0. The number of aromatic amines is 1. The van der Waals surface area contributed by atoms with Crippen molar-refractivity contribution in [1.29, 1.82) is 0 Å². The van der Waals surface area contributed by atoms with Gasteiger partial charge in [-0.3, -0.25) is 9.36 Å². The zero-order chi connectivity index (χ0) is 17.6. The average molecular weight is 417 g/mol. The summed E-state index contributed by atoms with van der Waals surface area (Å²) in [6.45, 7) is 4.87. The van der Waals surface area contributed by atoms with E-state index in [2.05, 4.69) is 50.5 Å². The molecule has 0 aliphatic carbocycles. The van der Waals surface area contributed by atoms with Crippen LogP contribution >= 0.6 is 22.8 Å². The van der Waals surface area contributed by atoms with Crippen molar-refractivity contribution in [2.45, 2.75) is 36.6 Å². The molecule has 0 spiro atoms. The van der Waals surface area contributed by atoms with Crippen molar-refractivity contribution in [2.75, 3.05) is 19.5 Å². The second kappa shape index (κ2) is 6.41. The number of nitrogens with one attached hydrogen (secondary N) is 1. The van der Waals surface area contributed by atoms with Crippen LogP contribution in [0, 0.1) is 6.92 Å². The molecule has 1 fully saturated rings. The number of H-pyrrole nitrogens is 1. The van der Waals surface area contributed by atoms with Crippen molar-refractivity contribution >= 4 is 40.3 Å². The van der Waals surface area contributed by atoms with E-state index in [9.17, 15) is 9.90 Å². The number of halogens is 1. The van der Waals surface area contributed by atoms with Crippen molar-refractivity contribution in [3.8, 4) is 0 Å². The second-order valence-corrected chi connectivity index (χ2v) is 12.3. The lowest BCUT2D eigenvalue weighted by molar-refractivity contribution is -0.0174. The van der Waals surface area contributed by atoms with Crippen LogP contribution in [0.4, 0.5) is 0 Å². The molecule has 0 amide bonds. The van der Waals surface area contributed by atoms with Gasteiger partial charge in [-0.15, -0.1) is 13.2 Å². The highest BCUT2D eigenvalue weighted by Crippen LogP contribution is 2.41. The van der Waals surface area contributed by atoms with Crippen LogP contribution in [0.25, 0.3) is 11.2 Å². The van der Waals surface area contributed by atoms with Gasteiger partial charge in [-0.25, -0.2) is 9.97 Å². The van der Waals surface area contributed by atoms with Crippen molar-refractivity contribution in [3.63, 3.8) is 0 Å². The number of aromatic nitrogens is 4. The standard InChI is InChI=1S/C15H22BrN4O3P/c1-8-18-13-11(14(22)19-8)17-7-20(13)15-10(16)12(21)9(23-15)5-6-24(2,3)4/h7,9-10,12,15,21H,2,5-6H2,1,3-4H3,(H,18,19,22)/t9-,10?,12-,15?/m1/s1. The van der Waals surface area contributed by atoms with E-state index in [1.54, 1.807) is 17.8 Å². The third-order valence-electron chi connectivity index (χ3n) is 4.14. The first-order chi connectivity index (χ1) is 11.2. The summed E-state index contributed by atoms with van der Waals surface area (Å²) in [7, 11) is 0. The Morgan fingerprint density at radius 1 is 1.54 bits per heavy atom. The van der Waals surface area contributed by atoms with Crippen molar-refractivity contribution in [3.05, 3.63) is 22.5 Å². The lowest BCUT2D eigenvalue weighted by Crippen LogP contribution is -2.28. The number of rotatable bonds is 4. The van der Waals surface area contributed by atoms with Gasteiger partial charge in [-0.1, -0.05) is 15.9 Å². The number of aliphatic hydroxyl groups is 1. The summed E-state index contributed by atoms with van der Waals surface area (Å²) in [6, 6.07) is 0. The Balaban J connectivity index is 1.90. The molecule has 3 heterocycles. The molecule has 132 valence electrons. The molecule has 2 N–H and O–H groups in total. The third kappa shape index (κ3) is 3.38. The molecule has 1 aliphatic heterocycles. The van der Waals surface area contributed by atoms with Gasteiger partial charge >= 0.3 is 0 Å². The SMILES string of the molecule is C=P(C)(C)CC[C@H]1OC(n2cnc3c(=O)[nH]c(C)nc32)C(Br)[C@@H]1O. The fourth-order valence-corrected chi connectivity index (χ4v) is 4.54. The first-order valence-electron chi connectivity index (χ1n) is 7.76. The average Bonchev–Trinajstić information content (AvgIpc) is 3.00. The van der Waals surface area contributed by atoms with Crippen molar-refractivity contribution < 1.29 is 9.84 Å². The molecule has 7 nitrogen and oxygen atoms in total. The molecular formula is C15H22BrN4O3P. The van der Waals surface area contributed by atoms with Gasteiger partial charge in [0.05, 0.1) is 23.4 Å². The molecule has 2 aromatic heterocycles. The molecule has 4 atom stereocenters. The van der Waals surface area contributed by atoms with Gasteiger partial charge in [0, 0.05) is 0 Å². The number of fused-ring (bicyclic) bond motifs is 1. The monoisotopic (exact) mass is 416 g/mol. The van der Waals surface area contributed by atoms with Gasteiger partial charge in [-0.2, -0.15) is 0 Å². The number of aliphatic hydroxyl groups excluding tert-OH is 1. The number of hydrogen-bond acceptors (Lipinski definition) is 5. The Morgan fingerprint density at radius 3 is 2.92 bits per heavy atom. The summed E-state index contributed by atoms with van der Waals surface area (Å²) in [5, 5.41) is 10.5. The molecule has 0 saturated carbocycles. The summed E-state index contributed by atoms with van der Waals surface area (Å²) in [4.78, 5) is 22.8. The summed E-state index contributed by atoms with van der Waals surface area (Å²) < 4.78 is 7.79. The predicted octanol–water partition coefficient (Wildman–Crippen LogP) is 1.55. The Bertz CT molecular complexity index is 858.